The normalized spacial score (nSPS) is 40.1. The third-order valence-corrected chi connectivity index (χ3v) is 2.85. The van der Waals surface area contributed by atoms with Gasteiger partial charge in [0, 0.05) is 44.8 Å². The summed E-state index contributed by atoms with van der Waals surface area (Å²) >= 11 is 0. The van der Waals surface area contributed by atoms with Crippen molar-refractivity contribution in [2.75, 3.05) is 32.7 Å². The van der Waals surface area contributed by atoms with Gasteiger partial charge in [0.25, 0.3) is 0 Å². The molecule has 0 saturated carbocycles. The Morgan fingerprint density at radius 3 is 2.45 bits per heavy atom. The van der Waals surface area contributed by atoms with Gasteiger partial charge in [0.1, 0.15) is 0 Å². The first-order chi connectivity index (χ1) is 5.38. The van der Waals surface area contributed by atoms with Gasteiger partial charge in [0.15, 0.2) is 0 Å². The van der Waals surface area contributed by atoms with Crippen LogP contribution in [0, 0.1) is 0 Å². The van der Waals surface area contributed by atoms with Crippen LogP contribution in [0.2, 0.25) is 0 Å². The van der Waals surface area contributed by atoms with Crippen LogP contribution in [0.4, 0.5) is 0 Å². The fourth-order valence-corrected chi connectivity index (χ4v) is 1.92. The molecule has 2 N–H and O–H groups in total. The first-order valence-corrected chi connectivity index (χ1v) is 4.56. The summed E-state index contributed by atoms with van der Waals surface area (Å²) in [7, 11) is 0. The van der Waals surface area contributed by atoms with Gasteiger partial charge in [-0.2, -0.15) is 0 Å². The molecule has 0 radical (unpaired) electrons. The molecule has 2 saturated heterocycles. The molecule has 2 atom stereocenters. The van der Waals surface area contributed by atoms with E-state index >= 15 is 0 Å². The Bertz CT molecular complexity index is 131. The van der Waals surface area contributed by atoms with E-state index in [1.165, 1.54) is 32.7 Å². The van der Waals surface area contributed by atoms with Gasteiger partial charge in [0.05, 0.1) is 0 Å². The molecular weight excluding hydrogens is 138 g/mol. The SMILES string of the molecule is CC1NCC1N1CCNCC1. The zero-order chi connectivity index (χ0) is 7.68. The van der Waals surface area contributed by atoms with Crippen molar-refractivity contribution in [1.82, 2.24) is 15.5 Å². The number of hydrogen-bond acceptors (Lipinski definition) is 3. The van der Waals surface area contributed by atoms with Crippen LogP contribution in [0.1, 0.15) is 6.92 Å². The Morgan fingerprint density at radius 2 is 2.00 bits per heavy atom. The highest BCUT2D eigenvalue weighted by molar-refractivity contribution is 4.93. The number of rotatable bonds is 1. The molecule has 2 aliphatic heterocycles. The minimum atomic E-state index is 0.716. The largest absolute Gasteiger partial charge is 0.314 e. The van der Waals surface area contributed by atoms with Gasteiger partial charge < -0.3 is 10.6 Å². The van der Waals surface area contributed by atoms with Crippen molar-refractivity contribution < 1.29 is 0 Å². The quantitative estimate of drug-likeness (QED) is 0.522. The van der Waals surface area contributed by atoms with Gasteiger partial charge in [-0.1, -0.05) is 0 Å². The molecule has 0 spiro atoms. The van der Waals surface area contributed by atoms with E-state index in [1.54, 1.807) is 0 Å². The Labute approximate surface area is 68.1 Å². The standard InChI is InChI=1S/C8H17N3/c1-7-8(6-10-7)11-4-2-9-3-5-11/h7-10H,2-6H2,1H3. The van der Waals surface area contributed by atoms with Crippen LogP contribution in [-0.2, 0) is 0 Å². The Kier molecular flexibility index (Phi) is 2.11. The highest BCUT2D eigenvalue weighted by atomic mass is 15.3. The summed E-state index contributed by atoms with van der Waals surface area (Å²) in [5.74, 6) is 0. The lowest BCUT2D eigenvalue weighted by atomic mass is 10.00. The van der Waals surface area contributed by atoms with E-state index in [2.05, 4.69) is 22.5 Å². The Balaban J connectivity index is 1.83. The molecule has 3 heteroatoms. The van der Waals surface area contributed by atoms with Crippen LogP contribution in [0.25, 0.3) is 0 Å². The van der Waals surface area contributed by atoms with Crippen LogP contribution in [0.5, 0.6) is 0 Å². The van der Waals surface area contributed by atoms with Gasteiger partial charge in [0.2, 0.25) is 0 Å². The maximum atomic E-state index is 3.39. The van der Waals surface area contributed by atoms with Crippen molar-refractivity contribution in [2.24, 2.45) is 0 Å². The number of piperazine rings is 1. The van der Waals surface area contributed by atoms with Crippen LogP contribution in [0.3, 0.4) is 0 Å². The number of hydrogen-bond donors (Lipinski definition) is 2. The summed E-state index contributed by atoms with van der Waals surface area (Å²) in [4.78, 5) is 2.59. The maximum absolute atomic E-state index is 3.39. The van der Waals surface area contributed by atoms with Gasteiger partial charge in [-0.15, -0.1) is 0 Å². The first kappa shape index (κ1) is 7.53. The predicted octanol–water partition coefficient (Wildman–Crippen LogP) is -0.748. The molecule has 2 rings (SSSR count). The van der Waals surface area contributed by atoms with Crippen molar-refractivity contribution in [2.45, 2.75) is 19.0 Å². The lowest BCUT2D eigenvalue weighted by molar-refractivity contribution is 0.0919. The van der Waals surface area contributed by atoms with E-state index in [0.717, 1.165) is 6.04 Å². The molecule has 0 aromatic rings. The van der Waals surface area contributed by atoms with Crippen molar-refractivity contribution in [3.8, 4) is 0 Å². The van der Waals surface area contributed by atoms with E-state index < -0.39 is 0 Å². The lowest BCUT2D eigenvalue weighted by Gasteiger charge is -2.45. The Morgan fingerprint density at radius 1 is 1.27 bits per heavy atom. The van der Waals surface area contributed by atoms with E-state index in [1.807, 2.05) is 0 Å². The second-order valence-corrected chi connectivity index (χ2v) is 3.55. The minimum absolute atomic E-state index is 0.716. The summed E-state index contributed by atoms with van der Waals surface area (Å²) in [5.41, 5.74) is 0. The van der Waals surface area contributed by atoms with Gasteiger partial charge in [-0.25, -0.2) is 0 Å². The third kappa shape index (κ3) is 1.41. The molecule has 2 fully saturated rings. The maximum Gasteiger partial charge on any atom is 0.0372 e. The first-order valence-electron chi connectivity index (χ1n) is 4.56. The highest BCUT2D eigenvalue weighted by Gasteiger charge is 2.31. The number of nitrogens with one attached hydrogen (secondary N) is 2. The van der Waals surface area contributed by atoms with Gasteiger partial charge >= 0.3 is 0 Å². The van der Waals surface area contributed by atoms with E-state index in [-0.39, 0.29) is 0 Å². The molecule has 0 aromatic heterocycles. The zero-order valence-electron chi connectivity index (χ0n) is 7.14. The summed E-state index contributed by atoms with van der Waals surface area (Å²) in [5, 5.41) is 6.76. The molecule has 3 nitrogen and oxygen atoms in total. The van der Waals surface area contributed by atoms with Crippen LogP contribution in [-0.4, -0.2) is 49.7 Å². The van der Waals surface area contributed by atoms with E-state index in [0.29, 0.717) is 6.04 Å². The van der Waals surface area contributed by atoms with Gasteiger partial charge in [-0.05, 0) is 6.92 Å². The summed E-state index contributed by atoms with van der Waals surface area (Å²) in [6.07, 6.45) is 0. The Hall–Kier alpha value is -0.120. The minimum Gasteiger partial charge on any atom is -0.314 e. The molecule has 0 bridgehead atoms. The monoisotopic (exact) mass is 155 g/mol. The zero-order valence-corrected chi connectivity index (χ0v) is 7.14. The fraction of sp³-hybridized carbons (Fsp3) is 1.00. The highest BCUT2D eigenvalue weighted by Crippen LogP contribution is 2.12. The fourth-order valence-electron chi connectivity index (χ4n) is 1.92. The molecule has 64 valence electrons. The van der Waals surface area contributed by atoms with Crippen molar-refractivity contribution in [3.05, 3.63) is 0 Å². The third-order valence-electron chi connectivity index (χ3n) is 2.85. The topological polar surface area (TPSA) is 27.3 Å². The molecule has 2 unspecified atom stereocenters. The summed E-state index contributed by atoms with van der Waals surface area (Å²) < 4.78 is 0. The smallest absolute Gasteiger partial charge is 0.0372 e. The molecule has 0 aliphatic carbocycles. The van der Waals surface area contributed by atoms with Crippen molar-refractivity contribution in [1.29, 1.82) is 0 Å². The van der Waals surface area contributed by atoms with Crippen LogP contribution < -0.4 is 10.6 Å². The lowest BCUT2D eigenvalue weighted by Crippen LogP contribution is -2.66. The second-order valence-electron chi connectivity index (χ2n) is 3.55. The van der Waals surface area contributed by atoms with Crippen LogP contribution >= 0.6 is 0 Å². The molecule has 2 aliphatic rings. The molecule has 0 aromatic carbocycles. The van der Waals surface area contributed by atoms with E-state index in [9.17, 15) is 0 Å². The molecule has 0 amide bonds. The summed E-state index contributed by atoms with van der Waals surface area (Å²) in [6.45, 7) is 8.27. The average Bonchev–Trinajstić information content (AvgIpc) is 2.04. The number of nitrogens with zero attached hydrogens (tertiary/aromatic N) is 1. The summed E-state index contributed by atoms with van der Waals surface area (Å²) in [6, 6.07) is 1.53. The molecule has 2 heterocycles. The average molecular weight is 155 g/mol. The van der Waals surface area contributed by atoms with Crippen molar-refractivity contribution in [3.63, 3.8) is 0 Å². The van der Waals surface area contributed by atoms with Crippen molar-refractivity contribution >= 4 is 0 Å². The van der Waals surface area contributed by atoms with Crippen LogP contribution in [0.15, 0.2) is 0 Å². The molecular formula is C8H17N3. The van der Waals surface area contributed by atoms with E-state index in [4.69, 9.17) is 0 Å². The predicted molar refractivity (Wildman–Crippen MR) is 45.7 cm³/mol. The second kappa shape index (κ2) is 3.09. The van der Waals surface area contributed by atoms with Gasteiger partial charge in [-0.3, -0.25) is 4.90 Å². The molecule has 11 heavy (non-hydrogen) atoms.